The number of carbonyl (C=O) groups is 1. The van der Waals surface area contributed by atoms with Gasteiger partial charge in [0.2, 0.25) is 0 Å². The molecule has 0 spiro atoms. The van der Waals surface area contributed by atoms with Crippen LogP contribution in [-0.4, -0.2) is 12.6 Å². The predicted octanol–water partition coefficient (Wildman–Crippen LogP) is 2.89. The number of aryl methyl sites for hydroxylation is 1. The fourth-order valence-corrected chi connectivity index (χ4v) is 2.16. The van der Waals surface area contributed by atoms with Gasteiger partial charge in [0.05, 0.1) is 6.61 Å². The molecule has 0 heterocycles. The third kappa shape index (κ3) is 1.75. The van der Waals surface area contributed by atoms with E-state index in [-0.39, 0.29) is 5.97 Å². The summed E-state index contributed by atoms with van der Waals surface area (Å²) in [5.74, 6) is -0.172. The number of hydrogen-bond donors (Lipinski definition) is 0. The van der Waals surface area contributed by atoms with Crippen molar-refractivity contribution in [3.63, 3.8) is 0 Å². The first-order valence-corrected chi connectivity index (χ1v) is 5.60. The highest BCUT2D eigenvalue weighted by Gasteiger charge is 2.24. The van der Waals surface area contributed by atoms with Crippen molar-refractivity contribution in [1.29, 1.82) is 0 Å². The van der Waals surface area contributed by atoms with Crippen LogP contribution in [0.3, 0.4) is 0 Å². The van der Waals surface area contributed by atoms with E-state index in [0.717, 1.165) is 11.1 Å². The van der Waals surface area contributed by atoms with E-state index in [2.05, 4.69) is 25.1 Å². The third-order valence-corrected chi connectivity index (χ3v) is 3.01. The van der Waals surface area contributed by atoms with Crippen molar-refractivity contribution in [3.05, 3.63) is 40.5 Å². The maximum Gasteiger partial charge on any atom is 0.334 e. The van der Waals surface area contributed by atoms with Gasteiger partial charge in [-0.15, -0.1) is 0 Å². The Labute approximate surface area is 95.9 Å². The van der Waals surface area contributed by atoms with Gasteiger partial charge < -0.3 is 4.74 Å². The van der Waals surface area contributed by atoms with Gasteiger partial charge in [0.15, 0.2) is 0 Å². The van der Waals surface area contributed by atoms with Crippen molar-refractivity contribution in [2.24, 2.45) is 0 Å². The van der Waals surface area contributed by atoms with Crippen molar-refractivity contribution in [1.82, 2.24) is 0 Å². The average molecular weight is 216 g/mol. The zero-order chi connectivity index (χ0) is 11.7. The molecule has 2 rings (SSSR count). The molecule has 1 aliphatic carbocycles. The summed E-state index contributed by atoms with van der Waals surface area (Å²) in [7, 11) is 0. The molecule has 1 aromatic rings. The van der Waals surface area contributed by atoms with E-state index in [1.165, 1.54) is 16.7 Å². The standard InChI is InChI=1S/C14H16O2/c1-4-16-14(15)13-8-11-7-9(2)5-6-12(11)10(13)3/h5-7H,4,8H2,1-3H3. The highest BCUT2D eigenvalue weighted by molar-refractivity contribution is 6.00. The first kappa shape index (κ1) is 10.9. The van der Waals surface area contributed by atoms with E-state index in [1.807, 2.05) is 13.8 Å². The van der Waals surface area contributed by atoms with Gasteiger partial charge in [-0.1, -0.05) is 23.8 Å². The SMILES string of the molecule is CCOC(=O)C1=C(C)c2ccc(C)cc2C1. The summed E-state index contributed by atoms with van der Waals surface area (Å²) in [4.78, 5) is 11.7. The van der Waals surface area contributed by atoms with Gasteiger partial charge in [0.25, 0.3) is 0 Å². The second-order valence-electron chi connectivity index (χ2n) is 4.16. The van der Waals surface area contributed by atoms with Crippen molar-refractivity contribution < 1.29 is 9.53 Å². The summed E-state index contributed by atoms with van der Waals surface area (Å²) in [6, 6.07) is 6.31. The van der Waals surface area contributed by atoms with Crippen molar-refractivity contribution in [2.75, 3.05) is 6.61 Å². The Hall–Kier alpha value is -1.57. The molecule has 0 fully saturated rings. The molecule has 84 valence electrons. The Morgan fingerprint density at radius 3 is 2.81 bits per heavy atom. The summed E-state index contributed by atoms with van der Waals surface area (Å²) in [5.41, 5.74) is 5.53. The molecule has 0 atom stereocenters. The quantitative estimate of drug-likeness (QED) is 0.710. The summed E-state index contributed by atoms with van der Waals surface area (Å²) in [5, 5.41) is 0. The molecule has 0 aromatic heterocycles. The second-order valence-corrected chi connectivity index (χ2v) is 4.16. The Morgan fingerprint density at radius 2 is 2.12 bits per heavy atom. The Kier molecular flexibility index (Phi) is 2.82. The molecular formula is C14H16O2. The number of hydrogen-bond acceptors (Lipinski definition) is 2. The van der Waals surface area contributed by atoms with Gasteiger partial charge in [-0.25, -0.2) is 4.79 Å². The minimum atomic E-state index is -0.172. The molecule has 0 bridgehead atoms. The summed E-state index contributed by atoms with van der Waals surface area (Å²) >= 11 is 0. The highest BCUT2D eigenvalue weighted by atomic mass is 16.5. The minimum absolute atomic E-state index is 0.172. The minimum Gasteiger partial charge on any atom is -0.463 e. The number of rotatable bonds is 2. The van der Waals surface area contributed by atoms with Crippen LogP contribution in [0, 0.1) is 6.92 Å². The van der Waals surface area contributed by atoms with Crippen LogP contribution in [0.2, 0.25) is 0 Å². The number of benzene rings is 1. The third-order valence-electron chi connectivity index (χ3n) is 3.01. The maximum absolute atomic E-state index is 11.7. The lowest BCUT2D eigenvalue weighted by molar-refractivity contribution is -0.138. The van der Waals surface area contributed by atoms with Gasteiger partial charge in [0.1, 0.15) is 0 Å². The number of esters is 1. The zero-order valence-corrected chi connectivity index (χ0v) is 9.96. The van der Waals surface area contributed by atoms with Gasteiger partial charge in [-0.05, 0) is 37.5 Å². The lowest BCUT2D eigenvalue weighted by Crippen LogP contribution is -2.08. The van der Waals surface area contributed by atoms with Crippen molar-refractivity contribution >= 4 is 11.5 Å². The molecule has 0 saturated carbocycles. The maximum atomic E-state index is 11.7. The van der Waals surface area contributed by atoms with Crippen LogP contribution in [0.5, 0.6) is 0 Å². The molecule has 16 heavy (non-hydrogen) atoms. The lowest BCUT2D eigenvalue weighted by atomic mass is 10.0. The number of allylic oxidation sites excluding steroid dienone is 1. The van der Waals surface area contributed by atoms with E-state index < -0.39 is 0 Å². The molecule has 0 aliphatic heterocycles. The largest absolute Gasteiger partial charge is 0.463 e. The van der Waals surface area contributed by atoms with Crippen molar-refractivity contribution in [2.45, 2.75) is 27.2 Å². The first-order valence-electron chi connectivity index (χ1n) is 5.60. The molecule has 0 unspecified atom stereocenters. The topological polar surface area (TPSA) is 26.3 Å². The van der Waals surface area contributed by atoms with Gasteiger partial charge in [-0.3, -0.25) is 0 Å². The molecule has 0 amide bonds. The summed E-state index contributed by atoms with van der Waals surface area (Å²) in [6.07, 6.45) is 0.710. The van der Waals surface area contributed by atoms with Crippen LogP contribution in [0.1, 0.15) is 30.5 Å². The van der Waals surface area contributed by atoms with Crippen LogP contribution >= 0.6 is 0 Å². The van der Waals surface area contributed by atoms with E-state index in [4.69, 9.17) is 4.74 Å². The average Bonchev–Trinajstić information content (AvgIpc) is 2.56. The Balaban J connectivity index is 2.35. The molecule has 2 heteroatoms. The molecule has 2 nitrogen and oxygen atoms in total. The van der Waals surface area contributed by atoms with Crippen LogP contribution in [0.4, 0.5) is 0 Å². The second kappa shape index (κ2) is 4.12. The van der Waals surface area contributed by atoms with Crippen LogP contribution in [0.25, 0.3) is 5.57 Å². The lowest BCUT2D eigenvalue weighted by Gasteiger charge is -2.02. The smallest absolute Gasteiger partial charge is 0.334 e. The number of carbonyl (C=O) groups excluding carboxylic acids is 1. The van der Waals surface area contributed by atoms with E-state index >= 15 is 0 Å². The monoisotopic (exact) mass is 216 g/mol. The number of fused-ring (bicyclic) bond motifs is 1. The van der Waals surface area contributed by atoms with E-state index in [1.54, 1.807) is 0 Å². The molecule has 0 radical (unpaired) electrons. The first-order chi connectivity index (χ1) is 7.63. The van der Waals surface area contributed by atoms with Gasteiger partial charge in [0, 0.05) is 12.0 Å². The fourth-order valence-electron chi connectivity index (χ4n) is 2.16. The normalized spacial score (nSPS) is 13.9. The predicted molar refractivity (Wildman–Crippen MR) is 64.1 cm³/mol. The molecule has 1 aromatic carbocycles. The van der Waals surface area contributed by atoms with Gasteiger partial charge in [-0.2, -0.15) is 0 Å². The Morgan fingerprint density at radius 1 is 1.38 bits per heavy atom. The number of ether oxygens (including phenoxy) is 1. The van der Waals surface area contributed by atoms with E-state index in [9.17, 15) is 4.79 Å². The summed E-state index contributed by atoms with van der Waals surface area (Å²) in [6.45, 7) is 6.33. The van der Waals surface area contributed by atoms with Crippen molar-refractivity contribution in [3.8, 4) is 0 Å². The Bertz CT molecular complexity index is 470. The summed E-state index contributed by atoms with van der Waals surface area (Å²) < 4.78 is 5.06. The zero-order valence-electron chi connectivity index (χ0n) is 9.96. The molecular weight excluding hydrogens is 200 g/mol. The molecule has 1 aliphatic rings. The van der Waals surface area contributed by atoms with Crippen LogP contribution in [0.15, 0.2) is 23.8 Å². The fraction of sp³-hybridized carbons (Fsp3) is 0.357. The molecule has 0 saturated heterocycles. The highest BCUT2D eigenvalue weighted by Crippen LogP contribution is 2.33. The van der Waals surface area contributed by atoms with Crippen LogP contribution in [-0.2, 0) is 16.0 Å². The van der Waals surface area contributed by atoms with Gasteiger partial charge >= 0.3 is 5.97 Å². The van der Waals surface area contributed by atoms with Crippen LogP contribution < -0.4 is 0 Å². The molecule has 0 N–H and O–H groups in total. The van der Waals surface area contributed by atoms with E-state index in [0.29, 0.717) is 13.0 Å².